The van der Waals surface area contributed by atoms with Crippen LogP contribution in [0.1, 0.15) is 102 Å². The first-order chi connectivity index (χ1) is 32.2. The second kappa shape index (κ2) is 14.5. The third kappa shape index (κ3) is 5.84. The number of ether oxygens (including phenoxy) is 1. The Morgan fingerprint density at radius 2 is 1.24 bits per heavy atom. The minimum absolute atomic E-state index is 0.0307. The molecule has 1 atom stereocenters. The second-order valence-electron chi connectivity index (χ2n) is 21.5. The Hall–Kier alpha value is -7.04. The van der Waals surface area contributed by atoms with E-state index < -0.39 is 5.85 Å². The Morgan fingerprint density at radius 3 is 1.93 bits per heavy atom. The van der Waals surface area contributed by atoms with E-state index in [4.69, 9.17) is 4.74 Å². The fraction of sp³-hybridized carbons (Fsp3) is 0.238. The summed E-state index contributed by atoms with van der Waals surface area (Å²) in [7, 11) is 0. The minimum atomic E-state index is -1.08. The molecular formula is C63H59N3O+2. The van der Waals surface area contributed by atoms with Crippen molar-refractivity contribution in [3.05, 3.63) is 192 Å². The van der Waals surface area contributed by atoms with E-state index >= 15 is 0 Å². The smallest absolute Gasteiger partial charge is 0.392 e. The number of aryl methyl sites for hydroxylation is 1. The summed E-state index contributed by atoms with van der Waals surface area (Å²) >= 11 is 0. The molecule has 0 N–H and O–H groups in total. The van der Waals surface area contributed by atoms with Gasteiger partial charge in [0.25, 0.3) is 0 Å². The van der Waals surface area contributed by atoms with Gasteiger partial charge in [0.1, 0.15) is 16.8 Å². The summed E-state index contributed by atoms with van der Waals surface area (Å²) in [6, 6.07) is 59.4. The molecule has 330 valence electrons. The van der Waals surface area contributed by atoms with E-state index in [1.54, 1.807) is 0 Å². The minimum Gasteiger partial charge on any atom is -0.392 e. The van der Waals surface area contributed by atoms with Crippen molar-refractivity contribution in [3.8, 4) is 78.6 Å². The van der Waals surface area contributed by atoms with Crippen molar-refractivity contribution in [1.82, 2.24) is 4.57 Å². The summed E-state index contributed by atoms with van der Waals surface area (Å²) in [5, 5.41) is 0. The zero-order valence-corrected chi connectivity index (χ0v) is 40.5. The predicted molar refractivity (Wildman–Crippen MR) is 275 cm³/mol. The van der Waals surface area contributed by atoms with Crippen LogP contribution in [0, 0.1) is 12.3 Å². The lowest BCUT2D eigenvalue weighted by Crippen LogP contribution is -2.78. The van der Waals surface area contributed by atoms with Crippen LogP contribution < -0.4 is 13.9 Å². The average molecular weight is 874 g/mol. The summed E-state index contributed by atoms with van der Waals surface area (Å²) in [4.78, 5) is 0. The Bertz CT molecular complexity index is 3490. The third-order valence-corrected chi connectivity index (χ3v) is 15.8. The molecule has 4 nitrogen and oxygen atoms in total. The van der Waals surface area contributed by atoms with E-state index in [9.17, 15) is 0 Å². The van der Waals surface area contributed by atoms with Crippen LogP contribution in [0.3, 0.4) is 0 Å². The lowest BCUT2D eigenvalue weighted by atomic mass is 9.65. The number of fused-ring (bicyclic) bond motifs is 5. The molecule has 12 rings (SSSR count). The van der Waals surface area contributed by atoms with Crippen LogP contribution in [0.2, 0.25) is 0 Å². The number of nitrogens with zero attached hydrogens (tertiary/aromatic N) is 3. The maximum Gasteiger partial charge on any atom is 0.499 e. The molecule has 0 aliphatic carbocycles. The Labute approximate surface area is 395 Å². The second-order valence-corrected chi connectivity index (χ2v) is 21.5. The van der Waals surface area contributed by atoms with Gasteiger partial charge in [-0.15, -0.1) is 9.13 Å². The lowest BCUT2D eigenvalue weighted by molar-refractivity contribution is -0.997. The topological polar surface area (TPSA) is 21.9 Å². The number of para-hydroxylation sites is 1. The lowest BCUT2D eigenvalue weighted by Gasteiger charge is -2.39. The van der Waals surface area contributed by atoms with Gasteiger partial charge in [0.15, 0.2) is 23.0 Å². The van der Waals surface area contributed by atoms with Crippen LogP contribution in [0.4, 0.5) is 0 Å². The van der Waals surface area contributed by atoms with E-state index in [0.29, 0.717) is 5.92 Å². The van der Waals surface area contributed by atoms with Gasteiger partial charge in [-0.1, -0.05) is 171 Å². The van der Waals surface area contributed by atoms with Gasteiger partial charge >= 0.3 is 11.7 Å². The molecule has 1 unspecified atom stereocenters. The van der Waals surface area contributed by atoms with Gasteiger partial charge in [-0.3, -0.25) is 0 Å². The van der Waals surface area contributed by atoms with Gasteiger partial charge in [-0.2, -0.15) is 4.57 Å². The molecule has 0 saturated carbocycles. The van der Waals surface area contributed by atoms with Crippen LogP contribution in [0.25, 0.3) is 83.9 Å². The zero-order valence-electron chi connectivity index (χ0n) is 40.5. The molecule has 0 amide bonds. The van der Waals surface area contributed by atoms with Gasteiger partial charge in [-0.25, -0.2) is 0 Å². The highest BCUT2D eigenvalue weighted by Gasteiger charge is 2.69. The first kappa shape index (κ1) is 41.4. The molecule has 0 radical (unpaired) electrons. The van der Waals surface area contributed by atoms with Crippen LogP contribution >= 0.6 is 0 Å². The van der Waals surface area contributed by atoms with E-state index in [1.165, 1.54) is 77.9 Å². The molecular weight excluding hydrogens is 815 g/mol. The van der Waals surface area contributed by atoms with Crippen LogP contribution in [-0.4, -0.2) is 4.57 Å². The number of rotatable bonds is 7. The Balaban J connectivity index is 1.27. The van der Waals surface area contributed by atoms with Gasteiger partial charge in [0, 0.05) is 28.8 Å². The monoisotopic (exact) mass is 873 g/mol. The molecule has 4 heteroatoms. The average Bonchev–Trinajstić information content (AvgIpc) is 3.82. The molecule has 0 fully saturated rings. The molecule has 3 aliphatic heterocycles. The van der Waals surface area contributed by atoms with Crippen molar-refractivity contribution in [2.75, 3.05) is 0 Å². The highest BCUT2D eigenvalue weighted by molar-refractivity contribution is 6.00. The highest BCUT2D eigenvalue weighted by atomic mass is 16.5. The molecule has 0 bridgehead atoms. The summed E-state index contributed by atoms with van der Waals surface area (Å²) in [5.41, 5.74) is 22.7. The Kier molecular flexibility index (Phi) is 8.95. The van der Waals surface area contributed by atoms with Crippen molar-refractivity contribution in [2.45, 2.75) is 92.3 Å². The van der Waals surface area contributed by atoms with E-state index in [0.717, 1.165) is 39.6 Å². The standard InChI is InChI=1S/C63H59N3O/c1-38(2)45-32-49(39(3)4)59-53(33-45)60-65(54-29-28-47(62(9,10)61(6,7)8)37-50(54)43-20-15-12-16-21-43)55-23-17-22-48-51-34-46(41-18-13-11-14-19-41)35-52-56-36-44(42-26-24-40(5)25-27-42)30-31-64(56)63(67-59,57(51)52)66(60)58(48)55/h11-39H,1-10H3/q+2. The number of aromatic nitrogens is 3. The predicted octanol–water partition coefficient (Wildman–Crippen LogP) is 15.3. The largest absolute Gasteiger partial charge is 0.499 e. The SMILES string of the molecule is Cc1ccc(-c2cc[n+]3c(c2)-c2cc(-c4ccccc4)cc4c2C32Oc3c(cc(C(C)C)cc3C(C)C)-c3n(-c5ccc(C(C)(C)C(C)(C)C)cc5-c5ccccc5)c5cccc-4c5[n+]32)cc1. The van der Waals surface area contributed by atoms with Crippen LogP contribution in [0.5, 0.6) is 5.75 Å². The van der Waals surface area contributed by atoms with Gasteiger partial charge in [0.05, 0.1) is 5.56 Å². The van der Waals surface area contributed by atoms with Gasteiger partial charge in [0.2, 0.25) is 5.69 Å². The zero-order chi connectivity index (χ0) is 46.3. The normalized spacial score (nSPS) is 15.5. The van der Waals surface area contributed by atoms with E-state index in [2.05, 4.69) is 247 Å². The molecule has 7 aromatic carbocycles. The summed E-state index contributed by atoms with van der Waals surface area (Å²) in [6.45, 7) is 23.3. The number of hydrogen-bond acceptors (Lipinski definition) is 1. The molecule has 0 saturated heterocycles. The quantitative estimate of drug-likeness (QED) is 0.146. The fourth-order valence-electron chi connectivity index (χ4n) is 11.1. The van der Waals surface area contributed by atoms with E-state index in [-0.39, 0.29) is 16.7 Å². The molecule has 9 aromatic rings. The third-order valence-electron chi connectivity index (χ3n) is 15.8. The summed E-state index contributed by atoms with van der Waals surface area (Å²) in [5.74, 6) is 1.52. The van der Waals surface area contributed by atoms with Crippen molar-refractivity contribution < 1.29 is 13.9 Å². The summed E-state index contributed by atoms with van der Waals surface area (Å²) < 4.78 is 15.7. The van der Waals surface area contributed by atoms with Crippen LogP contribution in [0.15, 0.2) is 164 Å². The molecule has 3 aliphatic rings. The number of hydrogen-bond donors (Lipinski definition) is 0. The van der Waals surface area contributed by atoms with Crippen molar-refractivity contribution in [3.63, 3.8) is 0 Å². The maximum absolute atomic E-state index is 8.11. The van der Waals surface area contributed by atoms with Crippen LogP contribution in [-0.2, 0) is 11.3 Å². The Morgan fingerprint density at radius 1 is 0.552 bits per heavy atom. The van der Waals surface area contributed by atoms with Crippen molar-refractivity contribution in [2.24, 2.45) is 5.41 Å². The summed E-state index contributed by atoms with van der Waals surface area (Å²) in [6.07, 6.45) is 2.30. The maximum atomic E-state index is 8.11. The fourth-order valence-corrected chi connectivity index (χ4v) is 11.1. The first-order valence-corrected chi connectivity index (χ1v) is 24.2. The molecule has 1 spiro atoms. The highest BCUT2D eigenvalue weighted by Crippen LogP contribution is 2.56. The van der Waals surface area contributed by atoms with E-state index in [1.807, 2.05) is 0 Å². The number of benzene rings is 7. The van der Waals surface area contributed by atoms with Crippen molar-refractivity contribution >= 4 is 11.0 Å². The molecule has 67 heavy (non-hydrogen) atoms. The molecule has 2 aromatic heterocycles. The number of imidazole rings is 1. The van der Waals surface area contributed by atoms with Gasteiger partial charge < -0.3 is 4.74 Å². The number of pyridine rings is 1. The van der Waals surface area contributed by atoms with Crippen molar-refractivity contribution in [1.29, 1.82) is 0 Å². The first-order valence-electron chi connectivity index (χ1n) is 24.2. The van der Waals surface area contributed by atoms with Gasteiger partial charge in [-0.05, 0) is 117 Å². The molecule has 5 heterocycles.